The van der Waals surface area contributed by atoms with Crippen molar-refractivity contribution in [3.8, 4) is 0 Å². The first-order valence-electron chi connectivity index (χ1n) is 8.44. The third-order valence-electron chi connectivity index (χ3n) is 4.33. The predicted octanol–water partition coefficient (Wildman–Crippen LogP) is 4.19. The fraction of sp³-hybridized carbons (Fsp3) is 0.250. The van der Waals surface area contributed by atoms with Crippen LogP contribution in [0.25, 0.3) is 6.08 Å². The summed E-state index contributed by atoms with van der Waals surface area (Å²) in [7, 11) is 0. The lowest BCUT2D eigenvalue weighted by Gasteiger charge is -2.13. The summed E-state index contributed by atoms with van der Waals surface area (Å²) in [6.07, 6.45) is 1.62. The van der Waals surface area contributed by atoms with Crippen molar-refractivity contribution in [3.05, 3.63) is 57.4 Å². The average Bonchev–Trinajstić information content (AvgIpc) is 3.04. The highest BCUT2D eigenvalue weighted by atomic mass is 32.2. The third kappa shape index (κ3) is 4.14. The molecule has 0 radical (unpaired) electrons. The second-order valence-corrected chi connectivity index (χ2v) is 7.48. The molecule has 0 saturated carbocycles. The molecule has 2 heterocycles. The second-order valence-electron chi connectivity index (χ2n) is 6.48. The Morgan fingerprint density at radius 3 is 2.52 bits per heavy atom. The van der Waals surface area contributed by atoms with E-state index in [-0.39, 0.29) is 11.4 Å². The van der Waals surface area contributed by atoms with E-state index in [2.05, 4.69) is 5.32 Å². The fourth-order valence-corrected chi connectivity index (χ4v) is 3.56. The van der Waals surface area contributed by atoms with Crippen LogP contribution < -0.4 is 5.32 Å². The Hall–Kier alpha value is -2.80. The molecule has 1 saturated heterocycles. The Balaban J connectivity index is 1.70. The van der Waals surface area contributed by atoms with Gasteiger partial charge in [-0.2, -0.15) is 0 Å². The van der Waals surface area contributed by atoms with Crippen molar-refractivity contribution < 1.29 is 18.8 Å². The number of amides is 3. The molecule has 2 aromatic rings. The number of rotatable bonds is 4. The Kier molecular flexibility index (Phi) is 5.23. The molecule has 1 aromatic heterocycles. The van der Waals surface area contributed by atoms with Crippen LogP contribution in [-0.4, -0.2) is 28.5 Å². The molecule has 0 atom stereocenters. The highest BCUT2D eigenvalue weighted by Crippen LogP contribution is 2.33. The summed E-state index contributed by atoms with van der Waals surface area (Å²) >= 11 is 0.824. The highest BCUT2D eigenvalue weighted by molar-refractivity contribution is 8.18. The van der Waals surface area contributed by atoms with Crippen molar-refractivity contribution in [1.29, 1.82) is 0 Å². The van der Waals surface area contributed by atoms with Crippen molar-refractivity contribution in [1.82, 2.24) is 4.90 Å². The van der Waals surface area contributed by atoms with Crippen LogP contribution in [-0.2, 0) is 9.59 Å². The Bertz CT molecular complexity index is 974. The lowest BCUT2D eigenvalue weighted by Crippen LogP contribution is -2.36. The number of carbonyl (C=O) groups is 3. The number of furan rings is 1. The number of carbonyl (C=O) groups excluding carboxylic acids is 3. The normalized spacial score (nSPS) is 15.7. The van der Waals surface area contributed by atoms with E-state index in [1.54, 1.807) is 25.1 Å². The standard InChI is InChI=1S/C20H20N2O4S/c1-11-5-6-16(7-12(11)2)21-18(23)10-22-19(24)17(27-20(22)25)9-15-8-13(3)26-14(15)4/h5-9H,10H2,1-4H3,(H,21,23)/b17-9-. The lowest BCUT2D eigenvalue weighted by molar-refractivity contribution is -0.127. The van der Waals surface area contributed by atoms with Gasteiger partial charge in [0.25, 0.3) is 11.1 Å². The minimum absolute atomic E-state index is 0.280. The molecular formula is C20H20N2O4S. The fourth-order valence-electron chi connectivity index (χ4n) is 2.73. The number of benzene rings is 1. The van der Waals surface area contributed by atoms with Gasteiger partial charge >= 0.3 is 0 Å². The largest absolute Gasteiger partial charge is 0.466 e. The van der Waals surface area contributed by atoms with Gasteiger partial charge in [0.15, 0.2) is 0 Å². The molecule has 1 aliphatic rings. The van der Waals surface area contributed by atoms with Gasteiger partial charge in [-0.05, 0) is 74.9 Å². The summed E-state index contributed by atoms with van der Waals surface area (Å²) in [5.41, 5.74) is 3.55. The first kappa shape index (κ1) is 19.0. The Morgan fingerprint density at radius 1 is 1.15 bits per heavy atom. The van der Waals surface area contributed by atoms with E-state index in [1.165, 1.54) is 0 Å². The van der Waals surface area contributed by atoms with Crippen molar-refractivity contribution in [2.24, 2.45) is 0 Å². The van der Waals surface area contributed by atoms with Crippen LogP contribution in [0.4, 0.5) is 10.5 Å². The summed E-state index contributed by atoms with van der Waals surface area (Å²) in [5, 5.41) is 2.27. The number of anilines is 1. The molecule has 1 aliphatic heterocycles. The lowest BCUT2D eigenvalue weighted by atomic mass is 10.1. The minimum Gasteiger partial charge on any atom is -0.466 e. The van der Waals surface area contributed by atoms with Crippen LogP contribution in [0.1, 0.15) is 28.2 Å². The zero-order valence-corrected chi connectivity index (χ0v) is 16.4. The third-order valence-corrected chi connectivity index (χ3v) is 5.24. The van der Waals surface area contributed by atoms with Crippen LogP contribution in [0.15, 0.2) is 33.6 Å². The smallest absolute Gasteiger partial charge is 0.294 e. The van der Waals surface area contributed by atoms with E-state index in [9.17, 15) is 14.4 Å². The highest BCUT2D eigenvalue weighted by Gasteiger charge is 2.36. The van der Waals surface area contributed by atoms with Crippen molar-refractivity contribution in [3.63, 3.8) is 0 Å². The number of aryl methyl sites for hydroxylation is 4. The maximum Gasteiger partial charge on any atom is 0.294 e. The number of nitrogens with one attached hydrogen (secondary N) is 1. The van der Waals surface area contributed by atoms with Crippen LogP contribution in [0.5, 0.6) is 0 Å². The van der Waals surface area contributed by atoms with Gasteiger partial charge in [0, 0.05) is 11.3 Å². The first-order chi connectivity index (χ1) is 12.7. The molecule has 0 unspecified atom stereocenters. The monoisotopic (exact) mass is 384 g/mol. The molecule has 3 amide bonds. The van der Waals surface area contributed by atoms with E-state index < -0.39 is 17.1 Å². The number of thioether (sulfide) groups is 1. The van der Waals surface area contributed by atoms with E-state index in [1.807, 2.05) is 32.9 Å². The molecule has 140 valence electrons. The second kappa shape index (κ2) is 7.44. The number of nitrogens with zero attached hydrogens (tertiary/aromatic N) is 1. The number of imide groups is 1. The summed E-state index contributed by atoms with van der Waals surface area (Å²) in [6.45, 7) is 7.22. The van der Waals surface area contributed by atoms with Crippen LogP contribution in [0, 0.1) is 27.7 Å². The first-order valence-corrected chi connectivity index (χ1v) is 9.26. The molecule has 0 bridgehead atoms. The summed E-state index contributed by atoms with van der Waals surface area (Å²) in [4.78, 5) is 38.2. The molecule has 27 heavy (non-hydrogen) atoms. The van der Waals surface area contributed by atoms with Gasteiger partial charge in [-0.15, -0.1) is 0 Å². The van der Waals surface area contributed by atoms with E-state index >= 15 is 0 Å². The molecule has 3 rings (SSSR count). The van der Waals surface area contributed by atoms with Crippen molar-refractivity contribution >= 4 is 40.6 Å². The van der Waals surface area contributed by atoms with E-state index in [0.29, 0.717) is 11.4 Å². The molecule has 0 aliphatic carbocycles. The van der Waals surface area contributed by atoms with Crippen molar-refractivity contribution in [2.75, 3.05) is 11.9 Å². The van der Waals surface area contributed by atoms with Crippen LogP contribution in [0.2, 0.25) is 0 Å². The Morgan fingerprint density at radius 2 is 1.89 bits per heavy atom. The Labute approximate surface area is 161 Å². The maximum atomic E-state index is 12.5. The predicted molar refractivity (Wildman–Crippen MR) is 105 cm³/mol. The van der Waals surface area contributed by atoms with Gasteiger partial charge in [0.2, 0.25) is 5.91 Å². The minimum atomic E-state index is -0.474. The zero-order valence-electron chi connectivity index (χ0n) is 15.6. The quantitative estimate of drug-likeness (QED) is 0.800. The topological polar surface area (TPSA) is 79.6 Å². The van der Waals surface area contributed by atoms with E-state index in [4.69, 9.17) is 4.42 Å². The van der Waals surface area contributed by atoms with Crippen LogP contribution >= 0.6 is 11.8 Å². The molecular weight excluding hydrogens is 364 g/mol. The van der Waals surface area contributed by atoms with Crippen LogP contribution in [0.3, 0.4) is 0 Å². The summed E-state index contributed by atoms with van der Waals surface area (Å²) < 4.78 is 5.43. The van der Waals surface area contributed by atoms with Gasteiger partial charge in [-0.1, -0.05) is 6.07 Å². The van der Waals surface area contributed by atoms with Gasteiger partial charge < -0.3 is 9.73 Å². The van der Waals surface area contributed by atoms with Gasteiger partial charge in [-0.25, -0.2) is 0 Å². The molecule has 1 N–H and O–H groups in total. The summed E-state index contributed by atoms with van der Waals surface area (Å²) in [6, 6.07) is 7.35. The molecule has 0 spiro atoms. The van der Waals surface area contributed by atoms with Gasteiger partial charge in [0.05, 0.1) is 4.91 Å². The van der Waals surface area contributed by atoms with Gasteiger partial charge in [0.1, 0.15) is 18.1 Å². The number of hydrogen-bond acceptors (Lipinski definition) is 5. The molecule has 6 nitrogen and oxygen atoms in total. The van der Waals surface area contributed by atoms with E-state index in [0.717, 1.165) is 39.1 Å². The van der Waals surface area contributed by atoms with Gasteiger partial charge in [-0.3, -0.25) is 19.3 Å². The number of hydrogen-bond donors (Lipinski definition) is 1. The molecule has 7 heteroatoms. The average molecular weight is 384 g/mol. The zero-order chi connectivity index (χ0) is 19.7. The SMILES string of the molecule is Cc1cc(/C=C2\SC(=O)N(CC(=O)Nc3ccc(C)c(C)c3)C2=O)c(C)o1. The maximum absolute atomic E-state index is 12.5. The van der Waals surface area contributed by atoms with Crippen molar-refractivity contribution in [2.45, 2.75) is 27.7 Å². The summed E-state index contributed by atoms with van der Waals surface area (Å²) in [5.74, 6) is 0.508. The molecule has 1 aromatic carbocycles. The molecule has 1 fully saturated rings.